The molecule has 6 rings (SSSR count). The van der Waals surface area contributed by atoms with Crippen LogP contribution in [0.15, 0.2) is 95.6 Å². The lowest BCUT2D eigenvalue weighted by atomic mass is 9.98. The first-order valence-electron chi connectivity index (χ1n) is 12.2. The maximum Gasteiger partial charge on any atom is 0.303 e. The number of amides is 1. The Morgan fingerprint density at radius 3 is 2.44 bits per heavy atom. The van der Waals surface area contributed by atoms with Crippen LogP contribution in [0.3, 0.4) is 0 Å². The number of fused-ring (bicyclic) bond motifs is 1. The number of pyridine rings is 1. The number of aromatic nitrogens is 3. The summed E-state index contributed by atoms with van der Waals surface area (Å²) >= 11 is 1.24. The predicted molar refractivity (Wildman–Crippen MR) is 152 cm³/mol. The molecule has 8 nitrogen and oxygen atoms in total. The molecular formula is C30H24N5O3S+. The largest absolute Gasteiger partial charge is 0.497 e. The van der Waals surface area contributed by atoms with Crippen molar-refractivity contribution in [3.05, 3.63) is 102 Å². The summed E-state index contributed by atoms with van der Waals surface area (Å²) in [6.45, 7) is 2.04. The summed E-state index contributed by atoms with van der Waals surface area (Å²) in [7, 11) is 1.63. The quantitative estimate of drug-likeness (QED) is 0.252. The minimum Gasteiger partial charge on any atom is -0.497 e. The number of hydrogen-bond donors (Lipinski definition) is 2. The molecule has 0 atom stereocenters. The molecule has 0 aliphatic rings. The molecule has 0 saturated carbocycles. The predicted octanol–water partition coefficient (Wildman–Crippen LogP) is 6.05. The number of hydrogen-bond acceptors (Lipinski definition) is 7. The fourth-order valence-electron chi connectivity index (χ4n) is 4.33. The summed E-state index contributed by atoms with van der Waals surface area (Å²) < 4.78 is 12.2. The van der Waals surface area contributed by atoms with Crippen LogP contribution in [0.25, 0.3) is 38.3 Å². The lowest BCUT2D eigenvalue weighted by molar-refractivity contribution is -0.670. The third kappa shape index (κ3) is 4.71. The van der Waals surface area contributed by atoms with Crippen molar-refractivity contribution < 1.29 is 18.7 Å². The Labute approximate surface area is 228 Å². The van der Waals surface area contributed by atoms with E-state index in [0.717, 1.165) is 44.8 Å². The van der Waals surface area contributed by atoms with Crippen LogP contribution in [0, 0.1) is 6.92 Å². The van der Waals surface area contributed by atoms with Gasteiger partial charge in [0, 0.05) is 23.1 Å². The lowest BCUT2D eigenvalue weighted by Crippen LogP contribution is -2.31. The molecule has 3 aromatic carbocycles. The van der Waals surface area contributed by atoms with Gasteiger partial charge in [0.15, 0.2) is 0 Å². The van der Waals surface area contributed by atoms with E-state index >= 15 is 0 Å². The van der Waals surface area contributed by atoms with Crippen LogP contribution in [-0.2, 0) is 0 Å². The number of nitrogens with two attached hydrogens (primary N) is 1. The Morgan fingerprint density at radius 1 is 1.00 bits per heavy atom. The van der Waals surface area contributed by atoms with E-state index in [9.17, 15) is 4.79 Å². The van der Waals surface area contributed by atoms with Crippen molar-refractivity contribution in [2.24, 2.45) is 0 Å². The molecule has 0 aliphatic carbocycles. The number of carbonyl (C=O) groups excluding carboxylic acids is 1. The van der Waals surface area contributed by atoms with Gasteiger partial charge in [-0.05, 0) is 53.1 Å². The highest BCUT2D eigenvalue weighted by molar-refractivity contribution is 7.21. The van der Waals surface area contributed by atoms with Gasteiger partial charge in [-0.2, -0.15) is 0 Å². The molecule has 3 N–H and O–H groups in total. The maximum atomic E-state index is 13.3. The number of carbonyl (C=O) groups is 1. The highest BCUT2D eigenvalue weighted by Gasteiger charge is 2.24. The van der Waals surface area contributed by atoms with E-state index in [2.05, 4.69) is 34.9 Å². The van der Waals surface area contributed by atoms with Gasteiger partial charge in [-0.3, -0.25) is 14.6 Å². The molecular weight excluding hydrogens is 510 g/mol. The number of nitrogen functional groups attached to an aromatic ring is 1. The minimum atomic E-state index is -0.396. The number of para-hydroxylation sites is 1. The molecule has 0 saturated heterocycles. The van der Waals surface area contributed by atoms with Crippen LogP contribution in [-0.4, -0.2) is 23.3 Å². The van der Waals surface area contributed by atoms with E-state index in [0.29, 0.717) is 15.4 Å². The van der Waals surface area contributed by atoms with E-state index in [4.69, 9.17) is 20.0 Å². The van der Waals surface area contributed by atoms with Crippen molar-refractivity contribution in [2.75, 3.05) is 18.2 Å². The molecule has 6 aromatic rings. The number of methoxy groups -OCH3 is 1. The van der Waals surface area contributed by atoms with E-state index in [-0.39, 0.29) is 5.88 Å². The summed E-state index contributed by atoms with van der Waals surface area (Å²) in [4.78, 5) is 19.3. The van der Waals surface area contributed by atoms with E-state index < -0.39 is 5.91 Å². The van der Waals surface area contributed by atoms with Gasteiger partial charge in [0.05, 0.1) is 18.5 Å². The number of aryl methyl sites for hydroxylation is 1. The van der Waals surface area contributed by atoms with Gasteiger partial charge in [0.25, 0.3) is 12.1 Å². The van der Waals surface area contributed by atoms with Gasteiger partial charge in [0.2, 0.25) is 11.0 Å². The van der Waals surface area contributed by atoms with Gasteiger partial charge in [-0.15, -0.1) is 11.3 Å². The highest BCUT2D eigenvalue weighted by atomic mass is 32.1. The summed E-state index contributed by atoms with van der Waals surface area (Å²) in [5, 5.41) is 7.51. The standard InChI is InChI=1S/C30H23N5O3S/c1-18-8-10-19(11-9-18)23-16-24(20-12-14-22(37-2)15-13-20)32-30-26(23)27(31)28(39-30)29(36)33-25-17-35(34-38-25)21-6-4-3-5-7-21/h3-17H,1-2H3,(H2-,31,33,34,36)/p+1. The molecule has 9 heteroatoms. The number of rotatable bonds is 6. The van der Waals surface area contributed by atoms with Crippen molar-refractivity contribution in [1.29, 1.82) is 0 Å². The Morgan fingerprint density at radius 2 is 1.72 bits per heavy atom. The van der Waals surface area contributed by atoms with Crippen molar-refractivity contribution in [1.82, 2.24) is 10.3 Å². The zero-order valence-corrected chi connectivity index (χ0v) is 22.0. The number of benzene rings is 3. The Bertz CT molecular complexity index is 1790. The molecule has 0 bridgehead atoms. The van der Waals surface area contributed by atoms with Crippen molar-refractivity contribution in [3.8, 4) is 33.8 Å². The second-order valence-electron chi connectivity index (χ2n) is 8.98. The Balaban J connectivity index is 1.41. The van der Waals surface area contributed by atoms with Gasteiger partial charge in [0.1, 0.15) is 15.5 Å². The van der Waals surface area contributed by atoms with Crippen LogP contribution >= 0.6 is 11.3 Å². The molecule has 192 valence electrons. The normalized spacial score (nSPS) is 11.0. The van der Waals surface area contributed by atoms with Crippen molar-refractivity contribution in [2.45, 2.75) is 6.92 Å². The maximum absolute atomic E-state index is 13.3. The SMILES string of the molecule is COc1ccc(-c2cc(-c3ccc(C)cc3)c3c(N)c(C(=O)Nc4c[n+](-c5ccccc5)no4)sc3n2)cc1. The molecule has 0 fully saturated rings. The van der Waals surface area contributed by atoms with Gasteiger partial charge < -0.3 is 10.5 Å². The zero-order chi connectivity index (χ0) is 26.9. The number of nitrogens with zero attached hydrogens (tertiary/aromatic N) is 3. The fourth-order valence-corrected chi connectivity index (χ4v) is 5.35. The Hall–Kier alpha value is -5.02. The van der Waals surface area contributed by atoms with Crippen LogP contribution in [0.5, 0.6) is 5.75 Å². The molecule has 3 aromatic heterocycles. The molecule has 0 unspecified atom stereocenters. The number of anilines is 2. The zero-order valence-electron chi connectivity index (χ0n) is 21.2. The van der Waals surface area contributed by atoms with Crippen molar-refractivity contribution >= 4 is 39.0 Å². The average molecular weight is 535 g/mol. The molecule has 0 aliphatic heterocycles. The molecule has 0 spiro atoms. The van der Waals surface area contributed by atoms with Gasteiger partial charge in [-0.1, -0.05) is 48.0 Å². The van der Waals surface area contributed by atoms with Crippen LogP contribution in [0.1, 0.15) is 15.2 Å². The second-order valence-corrected chi connectivity index (χ2v) is 9.97. The third-order valence-electron chi connectivity index (χ3n) is 6.38. The minimum absolute atomic E-state index is 0.200. The average Bonchev–Trinajstić information content (AvgIpc) is 3.58. The van der Waals surface area contributed by atoms with E-state index in [1.807, 2.05) is 67.6 Å². The molecule has 0 radical (unpaired) electrons. The van der Waals surface area contributed by atoms with E-state index in [1.54, 1.807) is 18.0 Å². The summed E-state index contributed by atoms with van der Waals surface area (Å²) in [6, 6.07) is 27.4. The van der Waals surface area contributed by atoms with Crippen molar-refractivity contribution in [3.63, 3.8) is 0 Å². The van der Waals surface area contributed by atoms with Crippen LogP contribution in [0.4, 0.5) is 11.6 Å². The van der Waals surface area contributed by atoms with E-state index in [1.165, 1.54) is 11.3 Å². The number of thiophene rings is 1. The Kier molecular flexibility index (Phi) is 6.26. The number of ether oxygens (including phenoxy) is 1. The molecule has 39 heavy (non-hydrogen) atoms. The topological polar surface area (TPSA) is 107 Å². The first-order chi connectivity index (χ1) is 19.0. The number of nitrogens with one attached hydrogen (secondary N) is 1. The first-order valence-corrected chi connectivity index (χ1v) is 13.0. The fraction of sp³-hybridized carbons (Fsp3) is 0.0667. The molecule has 1 amide bonds. The highest BCUT2D eigenvalue weighted by Crippen LogP contribution is 2.41. The smallest absolute Gasteiger partial charge is 0.303 e. The first kappa shape index (κ1) is 24.3. The second kappa shape index (κ2) is 10.0. The summed E-state index contributed by atoms with van der Waals surface area (Å²) in [5.74, 6) is 0.568. The third-order valence-corrected chi connectivity index (χ3v) is 7.48. The van der Waals surface area contributed by atoms with Crippen LogP contribution < -0.4 is 20.5 Å². The van der Waals surface area contributed by atoms with Gasteiger partial charge >= 0.3 is 5.88 Å². The van der Waals surface area contributed by atoms with Crippen LogP contribution in [0.2, 0.25) is 0 Å². The monoisotopic (exact) mass is 534 g/mol. The lowest BCUT2D eigenvalue weighted by Gasteiger charge is -2.10. The summed E-state index contributed by atoms with van der Waals surface area (Å²) in [6.07, 6.45) is 1.61. The van der Waals surface area contributed by atoms with Gasteiger partial charge in [-0.25, -0.2) is 4.98 Å². The summed E-state index contributed by atoms with van der Waals surface area (Å²) in [5.41, 5.74) is 12.5. The molecule has 3 heterocycles.